The van der Waals surface area contributed by atoms with Crippen molar-refractivity contribution in [3.05, 3.63) is 28.7 Å². The molecular formula is C9H6BrNO3. The Kier molecular flexibility index (Phi) is 4.04. The molecule has 1 aromatic rings. The molecule has 0 radical (unpaired) electrons. The summed E-state index contributed by atoms with van der Waals surface area (Å²) in [4.78, 5) is 23.3. The molecule has 0 aliphatic carbocycles. The summed E-state index contributed by atoms with van der Waals surface area (Å²) in [5.41, 5.74) is 0. The predicted molar refractivity (Wildman–Crippen MR) is 52.8 cm³/mol. The SMILES string of the molecule is O=C=NC(=O)COc1ccc(Br)cc1. The van der Waals surface area contributed by atoms with Crippen LogP contribution < -0.4 is 4.74 Å². The second kappa shape index (κ2) is 5.32. The van der Waals surface area contributed by atoms with Crippen molar-refractivity contribution in [1.82, 2.24) is 0 Å². The molecule has 0 fully saturated rings. The van der Waals surface area contributed by atoms with Crippen LogP contribution in [0, 0.1) is 0 Å². The van der Waals surface area contributed by atoms with Crippen molar-refractivity contribution >= 4 is 27.9 Å². The number of isocyanates is 1. The van der Waals surface area contributed by atoms with Crippen molar-refractivity contribution in [3.63, 3.8) is 0 Å². The number of nitrogens with zero attached hydrogens (tertiary/aromatic N) is 1. The lowest BCUT2D eigenvalue weighted by atomic mass is 10.3. The van der Waals surface area contributed by atoms with Gasteiger partial charge in [0.05, 0.1) is 0 Å². The quantitative estimate of drug-likeness (QED) is 0.610. The summed E-state index contributed by atoms with van der Waals surface area (Å²) in [5.74, 6) is -0.106. The van der Waals surface area contributed by atoms with Gasteiger partial charge < -0.3 is 4.74 Å². The third kappa shape index (κ3) is 3.51. The minimum atomic E-state index is -0.650. The van der Waals surface area contributed by atoms with E-state index in [2.05, 4.69) is 20.9 Å². The second-order valence-corrected chi connectivity index (χ2v) is 3.26. The normalized spacial score (nSPS) is 8.93. The van der Waals surface area contributed by atoms with Crippen molar-refractivity contribution < 1.29 is 14.3 Å². The number of carbonyl (C=O) groups excluding carboxylic acids is 2. The molecule has 0 heterocycles. The molecule has 1 rings (SSSR count). The zero-order valence-corrected chi connectivity index (χ0v) is 8.65. The molecule has 0 unspecified atom stereocenters. The summed E-state index contributed by atoms with van der Waals surface area (Å²) < 4.78 is 5.95. The van der Waals surface area contributed by atoms with Gasteiger partial charge in [-0.15, -0.1) is 4.99 Å². The summed E-state index contributed by atoms with van der Waals surface area (Å²) in [5, 5.41) is 0. The van der Waals surface area contributed by atoms with Gasteiger partial charge in [0.25, 0.3) is 5.91 Å². The number of aliphatic imine (C=N–C) groups is 1. The Morgan fingerprint density at radius 3 is 2.64 bits per heavy atom. The van der Waals surface area contributed by atoms with E-state index in [1.54, 1.807) is 24.3 Å². The van der Waals surface area contributed by atoms with Crippen LogP contribution in [0.3, 0.4) is 0 Å². The number of hydrogen-bond acceptors (Lipinski definition) is 3. The van der Waals surface area contributed by atoms with Gasteiger partial charge in [-0.05, 0) is 24.3 Å². The monoisotopic (exact) mass is 255 g/mol. The summed E-state index contributed by atoms with van der Waals surface area (Å²) >= 11 is 3.26. The molecule has 0 saturated heterocycles. The van der Waals surface area contributed by atoms with Gasteiger partial charge in [-0.25, -0.2) is 4.79 Å². The fourth-order valence-electron chi connectivity index (χ4n) is 0.759. The Hall–Kier alpha value is -1.45. The summed E-state index contributed by atoms with van der Waals surface area (Å²) in [7, 11) is 0. The van der Waals surface area contributed by atoms with Gasteiger partial charge in [0, 0.05) is 4.47 Å². The van der Waals surface area contributed by atoms with Gasteiger partial charge in [0.2, 0.25) is 6.08 Å². The van der Waals surface area contributed by atoms with Crippen LogP contribution in [0.5, 0.6) is 5.75 Å². The minimum absolute atomic E-state index is 0.253. The van der Waals surface area contributed by atoms with Crippen molar-refractivity contribution in [3.8, 4) is 5.75 Å². The standard InChI is InChI=1S/C9H6BrNO3/c10-7-1-3-8(4-2-7)14-5-9(13)11-6-12/h1-4H,5H2. The first-order chi connectivity index (χ1) is 6.72. The smallest absolute Gasteiger partial charge is 0.294 e. The number of hydrogen-bond donors (Lipinski definition) is 0. The van der Waals surface area contributed by atoms with Gasteiger partial charge in [0.15, 0.2) is 6.61 Å². The van der Waals surface area contributed by atoms with Crippen LogP contribution in [0.1, 0.15) is 0 Å². The number of amides is 1. The minimum Gasteiger partial charge on any atom is -0.484 e. The average molecular weight is 256 g/mol. The molecule has 1 aromatic carbocycles. The van der Waals surface area contributed by atoms with E-state index in [0.717, 1.165) is 10.6 Å². The number of ether oxygens (including phenoxy) is 1. The molecule has 0 aliphatic heterocycles. The maximum absolute atomic E-state index is 10.7. The van der Waals surface area contributed by atoms with Crippen molar-refractivity contribution in [2.24, 2.45) is 4.99 Å². The molecule has 0 bridgehead atoms. The lowest BCUT2D eigenvalue weighted by Gasteiger charge is -2.01. The Labute approximate surface area is 88.7 Å². The van der Waals surface area contributed by atoms with E-state index in [4.69, 9.17) is 4.74 Å². The van der Waals surface area contributed by atoms with Crippen LogP contribution in [0.25, 0.3) is 0 Å². The van der Waals surface area contributed by atoms with Gasteiger partial charge in [-0.1, -0.05) is 15.9 Å². The van der Waals surface area contributed by atoms with Crippen LogP contribution in [0.2, 0.25) is 0 Å². The zero-order chi connectivity index (χ0) is 10.4. The first-order valence-corrected chi connectivity index (χ1v) is 4.51. The molecule has 4 nitrogen and oxygen atoms in total. The van der Waals surface area contributed by atoms with E-state index in [0.29, 0.717) is 5.75 Å². The van der Waals surface area contributed by atoms with E-state index >= 15 is 0 Å². The van der Waals surface area contributed by atoms with Crippen molar-refractivity contribution in [2.45, 2.75) is 0 Å². The molecule has 1 amide bonds. The summed E-state index contributed by atoms with van der Waals surface area (Å²) in [6.45, 7) is -0.253. The highest BCUT2D eigenvalue weighted by molar-refractivity contribution is 9.10. The van der Waals surface area contributed by atoms with Gasteiger partial charge in [0.1, 0.15) is 5.75 Å². The maximum atomic E-state index is 10.7. The van der Waals surface area contributed by atoms with Gasteiger partial charge in [-0.2, -0.15) is 0 Å². The van der Waals surface area contributed by atoms with E-state index < -0.39 is 5.91 Å². The van der Waals surface area contributed by atoms with E-state index in [1.807, 2.05) is 0 Å². The lowest BCUT2D eigenvalue weighted by Crippen LogP contribution is -2.07. The lowest BCUT2D eigenvalue weighted by molar-refractivity contribution is -0.119. The Bertz CT molecular complexity index is 368. The molecule has 0 atom stereocenters. The molecule has 14 heavy (non-hydrogen) atoms. The zero-order valence-electron chi connectivity index (χ0n) is 7.07. The van der Waals surface area contributed by atoms with E-state index in [9.17, 15) is 9.59 Å². The molecule has 5 heteroatoms. The molecule has 0 aromatic heterocycles. The Morgan fingerprint density at radius 1 is 1.43 bits per heavy atom. The number of benzene rings is 1. The maximum Gasteiger partial charge on any atom is 0.294 e. The third-order valence-corrected chi connectivity index (χ3v) is 1.87. The largest absolute Gasteiger partial charge is 0.484 e. The fraction of sp³-hybridized carbons (Fsp3) is 0.111. The van der Waals surface area contributed by atoms with Crippen molar-refractivity contribution in [2.75, 3.05) is 6.61 Å². The number of halogens is 1. The van der Waals surface area contributed by atoms with Gasteiger partial charge in [-0.3, -0.25) is 4.79 Å². The highest BCUT2D eigenvalue weighted by Crippen LogP contribution is 2.15. The summed E-state index contributed by atoms with van der Waals surface area (Å²) in [6.07, 6.45) is 1.15. The molecule has 72 valence electrons. The average Bonchev–Trinajstić information content (AvgIpc) is 2.17. The first-order valence-electron chi connectivity index (χ1n) is 3.71. The van der Waals surface area contributed by atoms with Crippen LogP contribution >= 0.6 is 15.9 Å². The molecule has 0 spiro atoms. The molecule has 0 saturated carbocycles. The van der Waals surface area contributed by atoms with Gasteiger partial charge >= 0.3 is 0 Å². The highest BCUT2D eigenvalue weighted by Gasteiger charge is 1.99. The first kappa shape index (κ1) is 10.6. The van der Waals surface area contributed by atoms with Crippen molar-refractivity contribution in [1.29, 1.82) is 0 Å². The highest BCUT2D eigenvalue weighted by atomic mass is 79.9. The molecule has 0 aliphatic rings. The predicted octanol–water partition coefficient (Wildman–Crippen LogP) is 1.69. The summed E-state index contributed by atoms with van der Waals surface area (Å²) in [6, 6.07) is 6.95. The van der Waals surface area contributed by atoms with E-state index in [1.165, 1.54) is 0 Å². The molecule has 0 N–H and O–H groups in total. The van der Waals surface area contributed by atoms with Crippen LogP contribution in [0.4, 0.5) is 0 Å². The Morgan fingerprint density at radius 2 is 2.07 bits per heavy atom. The van der Waals surface area contributed by atoms with Crippen LogP contribution in [-0.2, 0) is 9.59 Å². The third-order valence-electron chi connectivity index (χ3n) is 1.35. The van der Waals surface area contributed by atoms with E-state index in [-0.39, 0.29) is 6.61 Å². The topological polar surface area (TPSA) is 55.7 Å². The van der Waals surface area contributed by atoms with Crippen LogP contribution in [-0.4, -0.2) is 18.6 Å². The number of rotatable bonds is 3. The fourth-order valence-corrected chi connectivity index (χ4v) is 1.02. The number of carbonyl (C=O) groups is 1. The Balaban J connectivity index is 2.49. The van der Waals surface area contributed by atoms with Crippen LogP contribution in [0.15, 0.2) is 33.7 Å². The second-order valence-electron chi connectivity index (χ2n) is 2.34. The molecular weight excluding hydrogens is 250 g/mol.